The Morgan fingerprint density at radius 2 is 2.14 bits per heavy atom. The predicted octanol–water partition coefficient (Wildman–Crippen LogP) is 1.85. The average molecular weight is 309 g/mol. The molecule has 1 aliphatic rings. The van der Waals surface area contributed by atoms with Gasteiger partial charge in [0.05, 0.1) is 6.54 Å². The van der Waals surface area contributed by atoms with Crippen LogP contribution in [0, 0.1) is 5.92 Å². The minimum Gasteiger partial charge on any atom is -0.337 e. The van der Waals surface area contributed by atoms with Crippen molar-refractivity contribution in [3.05, 3.63) is 22.4 Å². The fourth-order valence-electron chi connectivity index (χ4n) is 2.39. The lowest BCUT2D eigenvalue weighted by Crippen LogP contribution is -2.46. The van der Waals surface area contributed by atoms with Crippen LogP contribution in [0.4, 0.5) is 4.79 Å². The van der Waals surface area contributed by atoms with Gasteiger partial charge >= 0.3 is 6.03 Å². The second-order valence-corrected chi connectivity index (χ2v) is 6.62. The molecule has 0 aromatic carbocycles. The number of piperidine rings is 1. The number of hydrogen-bond acceptors (Lipinski definition) is 4. The number of carbonyl (C=O) groups excluding carboxylic acids is 2. The average Bonchev–Trinajstić information content (AvgIpc) is 2.94. The molecule has 2 N–H and O–H groups in total. The Bertz CT molecular complexity index is 453. The number of thiophene rings is 1. The van der Waals surface area contributed by atoms with Crippen molar-refractivity contribution in [1.29, 1.82) is 0 Å². The molecule has 0 atom stereocenters. The molecule has 21 heavy (non-hydrogen) atoms. The van der Waals surface area contributed by atoms with Crippen molar-refractivity contribution in [1.82, 2.24) is 15.5 Å². The molecule has 2 heterocycles. The van der Waals surface area contributed by atoms with Crippen LogP contribution in [0.15, 0.2) is 17.5 Å². The van der Waals surface area contributed by atoms with E-state index in [2.05, 4.69) is 22.5 Å². The van der Waals surface area contributed by atoms with E-state index in [1.165, 1.54) is 4.88 Å². The number of carbonyl (C=O) groups is 2. The Kier molecular flexibility index (Phi) is 6.20. The van der Waals surface area contributed by atoms with Crippen LogP contribution >= 0.6 is 11.3 Å². The summed E-state index contributed by atoms with van der Waals surface area (Å²) in [4.78, 5) is 26.7. The minimum absolute atomic E-state index is 0.224. The Morgan fingerprint density at radius 3 is 2.81 bits per heavy atom. The van der Waals surface area contributed by atoms with Crippen molar-refractivity contribution >= 4 is 23.3 Å². The van der Waals surface area contributed by atoms with Crippen molar-refractivity contribution in [3.63, 3.8) is 0 Å². The molecule has 1 aromatic rings. The van der Waals surface area contributed by atoms with E-state index < -0.39 is 6.03 Å². The smallest absolute Gasteiger partial charge is 0.321 e. The van der Waals surface area contributed by atoms with Crippen LogP contribution in [0.1, 0.15) is 24.6 Å². The Morgan fingerprint density at radius 1 is 1.38 bits per heavy atom. The minimum atomic E-state index is -0.401. The van der Waals surface area contributed by atoms with E-state index in [0.717, 1.165) is 38.3 Å². The van der Waals surface area contributed by atoms with Gasteiger partial charge in [-0.05, 0) is 49.7 Å². The lowest BCUT2D eigenvalue weighted by atomic mass is 9.99. The first-order valence-corrected chi connectivity index (χ1v) is 8.34. The van der Waals surface area contributed by atoms with Crippen LogP contribution in [0.25, 0.3) is 0 Å². The van der Waals surface area contributed by atoms with Gasteiger partial charge in [0.1, 0.15) is 0 Å². The molecular formula is C15H23N3O2S. The van der Waals surface area contributed by atoms with E-state index in [-0.39, 0.29) is 5.91 Å². The Labute approximate surface area is 129 Å². The summed E-state index contributed by atoms with van der Waals surface area (Å²) in [5, 5.41) is 7.12. The molecule has 1 aliphatic heterocycles. The highest BCUT2D eigenvalue weighted by Crippen LogP contribution is 2.15. The van der Waals surface area contributed by atoms with E-state index in [1.54, 1.807) is 11.3 Å². The summed E-state index contributed by atoms with van der Waals surface area (Å²) in [5.74, 6) is 0.517. The topological polar surface area (TPSA) is 61.4 Å². The molecule has 0 bridgehead atoms. The van der Waals surface area contributed by atoms with Gasteiger partial charge in [-0.3, -0.25) is 15.0 Å². The van der Waals surface area contributed by atoms with Gasteiger partial charge in [-0.2, -0.15) is 0 Å². The second kappa shape index (κ2) is 8.14. The van der Waals surface area contributed by atoms with E-state index in [9.17, 15) is 9.59 Å². The van der Waals surface area contributed by atoms with Gasteiger partial charge < -0.3 is 5.32 Å². The van der Waals surface area contributed by atoms with Crippen LogP contribution in [0.5, 0.6) is 0 Å². The molecule has 6 heteroatoms. The molecule has 0 saturated carbocycles. The molecule has 0 radical (unpaired) electrons. The first-order chi connectivity index (χ1) is 10.1. The van der Waals surface area contributed by atoms with Gasteiger partial charge in [0.2, 0.25) is 5.91 Å². The lowest BCUT2D eigenvalue weighted by molar-refractivity contribution is -0.121. The van der Waals surface area contributed by atoms with Crippen molar-refractivity contribution < 1.29 is 9.59 Å². The summed E-state index contributed by atoms with van der Waals surface area (Å²) in [7, 11) is 0. The van der Waals surface area contributed by atoms with Crippen molar-refractivity contribution in [2.45, 2.75) is 26.2 Å². The highest BCUT2D eigenvalue weighted by molar-refractivity contribution is 7.09. The fourth-order valence-corrected chi connectivity index (χ4v) is 3.10. The molecule has 0 spiro atoms. The number of urea groups is 1. The Balaban J connectivity index is 1.59. The van der Waals surface area contributed by atoms with Crippen LogP contribution < -0.4 is 10.6 Å². The van der Waals surface area contributed by atoms with Gasteiger partial charge in [0, 0.05) is 11.4 Å². The zero-order valence-electron chi connectivity index (χ0n) is 12.4. The van der Waals surface area contributed by atoms with Gasteiger partial charge in [0.15, 0.2) is 0 Å². The van der Waals surface area contributed by atoms with Crippen LogP contribution in [0.2, 0.25) is 0 Å². The van der Waals surface area contributed by atoms with E-state index >= 15 is 0 Å². The summed E-state index contributed by atoms with van der Waals surface area (Å²) < 4.78 is 0. The van der Waals surface area contributed by atoms with E-state index in [1.807, 2.05) is 17.5 Å². The summed E-state index contributed by atoms with van der Waals surface area (Å²) in [6.07, 6.45) is 3.05. The normalized spacial score (nSPS) is 16.6. The third-order valence-electron chi connectivity index (χ3n) is 3.73. The highest BCUT2D eigenvalue weighted by Gasteiger charge is 2.18. The number of rotatable bonds is 5. The summed E-state index contributed by atoms with van der Waals surface area (Å²) in [5.41, 5.74) is 0. The van der Waals surface area contributed by atoms with Crippen molar-refractivity contribution in [3.8, 4) is 0 Å². The first kappa shape index (κ1) is 16.0. The quantitative estimate of drug-likeness (QED) is 0.872. The fraction of sp³-hybridized carbons (Fsp3) is 0.600. The molecule has 5 nitrogen and oxygen atoms in total. The molecule has 1 saturated heterocycles. The summed E-state index contributed by atoms with van der Waals surface area (Å²) in [6.45, 7) is 4.97. The van der Waals surface area contributed by atoms with Crippen molar-refractivity contribution in [2.24, 2.45) is 5.92 Å². The van der Waals surface area contributed by atoms with Gasteiger partial charge in [0.25, 0.3) is 0 Å². The van der Waals surface area contributed by atoms with Crippen LogP contribution in [-0.4, -0.2) is 43.0 Å². The van der Waals surface area contributed by atoms with Gasteiger partial charge in [-0.25, -0.2) is 4.79 Å². The molecule has 116 valence electrons. The third-order valence-corrected chi connectivity index (χ3v) is 4.67. The number of imide groups is 1. The van der Waals surface area contributed by atoms with Gasteiger partial charge in [-0.1, -0.05) is 13.0 Å². The molecule has 0 aliphatic carbocycles. The summed E-state index contributed by atoms with van der Waals surface area (Å²) in [6, 6.07) is 3.62. The van der Waals surface area contributed by atoms with Crippen LogP contribution in [0.3, 0.4) is 0 Å². The first-order valence-electron chi connectivity index (χ1n) is 7.46. The molecule has 1 fully saturated rings. The summed E-state index contributed by atoms with van der Waals surface area (Å²) >= 11 is 1.67. The standard InChI is InChI=1S/C15H23N3O2S/c1-12-5-8-18(9-6-12)11-14(19)17-15(20)16-7-4-13-3-2-10-21-13/h2-3,10,12H,4-9,11H2,1H3,(H2,16,17,19,20). The number of nitrogens with zero attached hydrogens (tertiary/aromatic N) is 1. The third kappa shape index (κ3) is 5.85. The van der Waals surface area contributed by atoms with E-state index in [4.69, 9.17) is 0 Å². The van der Waals surface area contributed by atoms with Crippen LogP contribution in [-0.2, 0) is 11.2 Å². The number of nitrogens with one attached hydrogen (secondary N) is 2. The number of hydrogen-bond donors (Lipinski definition) is 2. The highest BCUT2D eigenvalue weighted by atomic mass is 32.1. The zero-order chi connectivity index (χ0) is 15.1. The van der Waals surface area contributed by atoms with Gasteiger partial charge in [-0.15, -0.1) is 11.3 Å². The predicted molar refractivity (Wildman–Crippen MR) is 84.4 cm³/mol. The second-order valence-electron chi connectivity index (χ2n) is 5.59. The SMILES string of the molecule is CC1CCN(CC(=O)NC(=O)NCCc2cccs2)CC1. The Hall–Kier alpha value is -1.40. The molecule has 0 unspecified atom stereocenters. The maximum atomic E-state index is 11.8. The number of likely N-dealkylation sites (tertiary alicyclic amines) is 1. The molecule has 3 amide bonds. The van der Waals surface area contributed by atoms with E-state index in [0.29, 0.717) is 13.1 Å². The monoisotopic (exact) mass is 309 g/mol. The zero-order valence-corrected chi connectivity index (χ0v) is 13.2. The molecular weight excluding hydrogens is 286 g/mol. The number of amides is 3. The molecule has 2 rings (SSSR count). The maximum absolute atomic E-state index is 11.8. The lowest BCUT2D eigenvalue weighted by Gasteiger charge is -2.29. The largest absolute Gasteiger partial charge is 0.337 e. The maximum Gasteiger partial charge on any atom is 0.321 e. The van der Waals surface area contributed by atoms with Crippen molar-refractivity contribution in [2.75, 3.05) is 26.2 Å². The molecule has 1 aromatic heterocycles.